The van der Waals surface area contributed by atoms with Crippen LogP contribution in [0.2, 0.25) is 0 Å². The number of aromatic nitrogens is 1. The van der Waals surface area contributed by atoms with Crippen LogP contribution in [0.1, 0.15) is 11.1 Å². The fourth-order valence-electron chi connectivity index (χ4n) is 1.98. The Morgan fingerprint density at radius 1 is 0.944 bits per heavy atom. The molecule has 0 radical (unpaired) electrons. The van der Waals surface area contributed by atoms with E-state index < -0.39 is 0 Å². The van der Waals surface area contributed by atoms with Crippen LogP contribution in [0.25, 0.3) is 20.8 Å². The van der Waals surface area contributed by atoms with Crippen molar-refractivity contribution in [1.82, 2.24) is 4.98 Å². The summed E-state index contributed by atoms with van der Waals surface area (Å²) in [4.78, 5) is 4.78. The Kier molecular flexibility index (Phi) is 2.96. The van der Waals surface area contributed by atoms with E-state index in [-0.39, 0.29) is 0 Å². The van der Waals surface area contributed by atoms with Gasteiger partial charge in [-0.25, -0.2) is 4.98 Å². The average molecular weight is 318 g/mol. The summed E-state index contributed by atoms with van der Waals surface area (Å²) < 4.78 is 2.40. The van der Waals surface area contributed by atoms with Gasteiger partial charge in [-0.1, -0.05) is 40.2 Å². The van der Waals surface area contributed by atoms with E-state index in [0.717, 1.165) is 15.0 Å². The maximum Gasteiger partial charge on any atom is 0.124 e. The van der Waals surface area contributed by atoms with Gasteiger partial charge in [0.2, 0.25) is 0 Å². The van der Waals surface area contributed by atoms with Crippen molar-refractivity contribution in [1.29, 1.82) is 0 Å². The van der Waals surface area contributed by atoms with Crippen LogP contribution in [-0.4, -0.2) is 4.98 Å². The number of halogens is 1. The Morgan fingerprint density at radius 3 is 2.28 bits per heavy atom. The molecule has 3 heteroatoms. The molecule has 0 aliphatic heterocycles. The first-order valence-corrected chi connectivity index (χ1v) is 7.39. The first-order chi connectivity index (χ1) is 8.65. The predicted octanol–water partition coefficient (Wildman–Crippen LogP) is 5.34. The van der Waals surface area contributed by atoms with Crippen molar-refractivity contribution in [3.63, 3.8) is 0 Å². The minimum atomic E-state index is 1.09. The maximum atomic E-state index is 4.78. The second-order valence-electron chi connectivity index (χ2n) is 4.40. The van der Waals surface area contributed by atoms with Crippen LogP contribution >= 0.6 is 27.3 Å². The number of rotatable bonds is 1. The molecular weight excluding hydrogens is 306 g/mol. The van der Waals surface area contributed by atoms with Gasteiger partial charge in [-0.2, -0.15) is 0 Å². The topological polar surface area (TPSA) is 12.9 Å². The summed E-state index contributed by atoms with van der Waals surface area (Å²) in [5, 5.41) is 1.09. The molecule has 0 aliphatic carbocycles. The van der Waals surface area contributed by atoms with E-state index in [1.54, 1.807) is 11.3 Å². The van der Waals surface area contributed by atoms with Gasteiger partial charge in [0.05, 0.1) is 10.2 Å². The molecule has 0 spiro atoms. The van der Waals surface area contributed by atoms with Crippen LogP contribution in [0.4, 0.5) is 0 Å². The smallest absolute Gasteiger partial charge is 0.124 e. The van der Waals surface area contributed by atoms with Crippen LogP contribution < -0.4 is 0 Å². The highest BCUT2D eigenvalue weighted by atomic mass is 79.9. The molecule has 90 valence electrons. The summed E-state index contributed by atoms with van der Waals surface area (Å²) >= 11 is 5.23. The third-order valence-corrected chi connectivity index (χ3v) is 4.80. The first-order valence-electron chi connectivity index (χ1n) is 5.78. The normalized spacial score (nSPS) is 11.1. The molecule has 0 atom stereocenters. The average Bonchev–Trinajstić information content (AvgIpc) is 2.81. The van der Waals surface area contributed by atoms with E-state index in [1.807, 2.05) is 0 Å². The van der Waals surface area contributed by atoms with Gasteiger partial charge in [-0.05, 0) is 37.1 Å². The SMILES string of the molecule is Cc1ccc(C)c2sc(-c3ccc(Br)cc3)nc12. The lowest BCUT2D eigenvalue weighted by molar-refractivity contribution is 1.40. The highest BCUT2D eigenvalue weighted by Crippen LogP contribution is 2.34. The zero-order valence-corrected chi connectivity index (χ0v) is 12.6. The number of aryl methyl sites for hydroxylation is 2. The fraction of sp³-hybridized carbons (Fsp3) is 0.133. The number of hydrogen-bond acceptors (Lipinski definition) is 2. The number of fused-ring (bicyclic) bond motifs is 1. The number of hydrogen-bond donors (Lipinski definition) is 0. The van der Waals surface area contributed by atoms with Gasteiger partial charge in [0.25, 0.3) is 0 Å². The zero-order chi connectivity index (χ0) is 12.7. The standard InChI is InChI=1S/C15H12BrNS/c1-9-3-4-10(2)14-13(9)17-15(18-14)11-5-7-12(16)8-6-11/h3-8H,1-2H3. The predicted molar refractivity (Wildman–Crippen MR) is 82.2 cm³/mol. The van der Waals surface area contributed by atoms with Crippen LogP contribution in [-0.2, 0) is 0 Å². The molecule has 0 saturated carbocycles. The van der Waals surface area contributed by atoms with Crippen molar-refractivity contribution in [2.45, 2.75) is 13.8 Å². The van der Waals surface area contributed by atoms with Crippen molar-refractivity contribution in [3.8, 4) is 10.6 Å². The van der Waals surface area contributed by atoms with E-state index >= 15 is 0 Å². The summed E-state index contributed by atoms with van der Waals surface area (Å²) in [5.41, 5.74) is 4.86. The third kappa shape index (κ3) is 1.98. The van der Waals surface area contributed by atoms with Crippen LogP contribution in [0.5, 0.6) is 0 Å². The van der Waals surface area contributed by atoms with Crippen LogP contribution in [0.15, 0.2) is 40.9 Å². The lowest BCUT2D eigenvalue weighted by atomic mass is 10.1. The molecule has 2 aromatic carbocycles. The largest absolute Gasteiger partial charge is 0.236 e. The molecule has 3 aromatic rings. The van der Waals surface area contributed by atoms with Gasteiger partial charge >= 0.3 is 0 Å². The second kappa shape index (κ2) is 4.48. The van der Waals surface area contributed by atoms with Crippen molar-refractivity contribution >= 4 is 37.5 Å². The van der Waals surface area contributed by atoms with Gasteiger partial charge in [0.1, 0.15) is 5.01 Å². The molecule has 1 nitrogen and oxygen atoms in total. The second-order valence-corrected chi connectivity index (χ2v) is 6.32. The van der Waals surface area contributed by atoms with Gasteiger partial charge in [0, 0.05) is 10.0 Å². The Labute approximate surface area is 119 Å². The molecular formula is C15H12BrNS. The summed E-state index contributed by atoms with van der Waals surface area (Å²) in [6, 6.07) is 12.6. The van der Waals surface area contributed by atoms with Crippen molar-refractivity contribution in [3.05, 3.63) is 52.0 Å². The van der Waals surface area contributed by atoms with Gasteiger partial charge < -0.3 is 0 Å². The Balaban J connectivity index is 2.22. The minimum absolute atomic E-state index is 1.09. The highest BCUT2D eigenvalue weighted by molar-refractivity contribution is 9.10. The van der Waals surface area contributed by atoms with Gasteiger partial charge in [0.15, 0.2) is 0 Å². The first kappa shape index (κ1) is 11.9. The molecule has 0 amide bonds. The monoisotopic (exact) mass is 317 g/mol. The summed E-state index contributed by atoms with van der Waals surface area (Å²) in [5.74, 6) is 0. The molecule has 18 heavy (non-hydrogen) atoms. The molecule has 0 unspecified atom stereocenters. The van der Waals surface area contributed by atoms with E-state index in [1.165, 1.54) is 21.4 Å². The fourth-order valence-corrected chi connectivity index (χ4v) is 3.36. The van der Waals surface area contributed by atoms with E-state index in [9.17, 15) is 0 Å². The Bertz CT molecular complexity index is 674. The number of nitrogens with zero attached hydrogens (tertiary/aromatic N) is 1. The lowest BCUT2D eigenvalue weighted by Gasteiger charge is -1.96. The molecule has 1 heterocycles. The van der Waals surface area contributed by atoms with E-state index in [2.05, 4.69) is 66.2 Å². The molecule has 0 N–H and O–H groups in total. The molecule has 1 aromatic heterocycles. The summed E-state index contributed by atoms with van der Waals surface area (Å²) in [6.07, 6.45) is 0. The van der Waals surface area contributed by atoms with Crippen molar-refractivity contribution in [2.75, 3.05) is 0 Å². The molecule has 0 bridgehead atoms. The Morgan fingerprint density at radius 2 is 1.61 bits per heavy atom. The molecule has 0 saturated heterocycles. The van der Waals surface area contributed by atoms with Gasteiger partial charge in [-0.15, -0.1) is 11.3 Å². The zero-order valence-electron chi connectivity index (χ0n) is 10.2. The van der Waals surface area contributed by atoms with Crippen molar-refractivity contribution in [2.24, 2.45) is 0 Å². The Hall–Kier alpha value is -1.19. The maximum absolute atomic E-state index is 4.78. The summed E-state index contributed by atoms with van der Waals surface area (Å²) in [7, 11) is 0. The van der Waals surface area contributed by atoms with E-state index in [0.29, 0.717) is 0 Å². The highest BCUT2D eigenvalue weighted by Gasteiger charge is 2.09. The minimum Gasteiger partial charge on any atom is -0.236 e. The number of benzene rings is 2. The van der Waals surface area contributed by atoms with Crippen LogP contribution in [0, 0.1) is 13.8 Å². The molecule has 0 fully saturated rings. The summed E-state index contributed by atoms with van der Waals surface area (Å²) in [6.45, 7) is 4.26. The lowest BCUT2D eigenvalue weighted by Crippen LogP contribution is -1.79. The molecule has 0 aliphatic rings. The quantitative estimate of drug-likeness (QED) is 0.590. The van der Waals surface area contributed by atoms with Crippen molar-refractivity contribution < 1.29 is 0 Å². The number of thiazole rings is 1. The molecule has 3 rings (SSSR count). The van der Waals surface area contributed by atoms with Crippen LogP contribution in [0.3, 0.4) is 0 Å². The third-order valence-electron chi connectivity index (χ3n) is 3.03. The van der Waals surface area contributed by atoms with Gasteiger partial charge in [-0.3, -0.25) is 0 Å². The van der Waals surface area contributed by atoms with E-state index in [4.69, 9.17) is 4.98 Å².